The highest BCUT2D eigenvalue weighted by molar-refractivity contribution is 9.10. The monoisotopic (exact) mass is 336 g/mol. The highest BCUT2D eigenvalue weighted by Crippen LogP contribution is 2.43. The number of carbonyl (C=O) groups is 1. The van der Waals surface area contributed by atoms with Gasteiger partial charge in [0.15, 0.2) is 0 Å². The van der Waals surface area contributed by atoms with Crippen LogP contribution in [0.25, 0.3) is 0 Å². The van der Waals surface area contributed by atoms with Crippen LogP contribution in [0.2, 0.25) is 0 Å². The van der Waals surface area contributed by atoms with E-state index in [1.165, 1.54) is 6.07 Å². The van der Waals surface area contributed by atoms with Crippen LogP contribution in [0, 0.1) is 0 Å². The number of benzene rings is 1. The number of hydrogen-bond donors (Lipinski definition) is 0. The molecule has 2 nitrogen and oxygen atoms in total. The number of ketones is 1. The van der Waals surface area contributed by atoms with Crippen LogP contribution >= 0.6 is 15.9 Å². The van der Waals surface area contributed by atoms with Crippen molar-refractivity contribution in [3.8, 4) is 5.75 Å². The zero-order valence-electron chi connectivity index (χ0n) is 10.4. The summed E-state index contributed by atoms with van der Waals surface area (Å²) in [5.41, 5.74) is 0.0944. The second-order valence-corrected chi connectivity index (χ2v) is 5.95. The molecule has 0 saturated carbocycles. The van der Waals surface area contributed by atoms with Gasteiger partial charge in [-0.05, 0) is 38.0 Å². The molecular formula is C13H12BrF3O2. The Balaban J connectivity index is 2.62. The van der Waals surface area contributed by atoms with Crippen molar-refractivity contribution in [2.24, 2.45) is 0 Å². The number of Topliss-reactive ketones (excluding diaryl/α,β-unsaturated/α-hetero) is 1. The van der Waals surface area contributed by atoms with Crippen molar-refractivity contribution in [2.45, 2.75) is 38.5 Å². The van der Waals surface area contributed by atoms with Gasteiger partial charge in [0.05, 0.1) is 5.41 Å². The lowest BCUT2D eigenvalue weighted by atomic mass is 9.71. The normalized spacial score (nSPS) is 18.1. The van der Waals surface area contributed by atoms with Crippen molar-refractivity contribution >= 4 is 21.7 Å². The van der Waals surface area contributed by atoms with Gasteiger partial charge in [-0.15, -0.1) is 13.2 Å². The third kappa shape index (κ3) is 2.78. The first kappa shape index (κ1) is 14.4. The molecule has 0 saturated heterocycles. The molecule has 0 aromatic heterocycles. The van der Waals surface area contributed by atoms with Gasteiger partial charge < -0.3 is 4.74 Å². The van der Waals surface area contributed by atoms with E-state index in [4.69, 9.17) is 0 Å². The van der Waals surface area contributed by atoms with E-state index in [-0.39, 0.29) is 11.5 Å². The van der Waals surface area contributed by atoms with Crippen molar-refractivity contribution < 1.29 is 22.7 Å². The molecule has 104 valence electrons. The molecule has 0 heterocycles. The Morgan fingerprint density at radius 1 is 1.26 bits per heavy atom. The van der Waals surface area contributed by atoms with Crippen molar-refractivity contribution in [1.82, 2.24) is 0 Å². The summed E-state index contributed by atoms with van der Waals surface area (Å²) in [6.07, 6.45) is -4.00. The lowest BCUT2D eigenvalue weighted by Gasteiger charge is -2.33. The molecule has 1 aliphatic carbocycles. The van der Waals surface area contributed by atoms with Gasteiger partial charge in [0, 0.05) is 16.5 Å². The molecule has 0 bridgehead atoms. The molecule has 0 radical (unpaired) electrons. The number of alkyl halides is 3. The molecule has 6 heteroatoms. The van der Waals surface area contributed by atoms with E-state index in [0.29, 0.717) is 22.9 Å². The van der Waals surface area contributed by atoms with E-state index in [1.807, 2.05) is 0 Å². The molecule has 1 aromatic rings. The molecule has 0 amide bonds. The lowest BCUT2D eigenvalue weighted by Crippen LogP contribution is -2.35. The number of halogens is 4. The quantitative estimate of drug-likeness (QED) is 0.770. The maximum atomic E-state index is 12.5. The van der Waals surface area contributed by atoms with Crippen LogP contribution in [0.3, 0.4) is 0 Å². The van der Waals surface area contributed by atoms with E-state index >= 15 is 0 Å². The summed E-state index contributed by atoms with van der Waals surface area (Å²) >= 11 is 3.17. The first-order valence-corrected chi connectivity index (χ1v) is 6.52. The molecular weight excluding hydrogens is 325 g/mol. The van der Waals surface area contributed by atoms with E-state index in [1.54, 1.807) is 19.9 Å². The lowest BCUT2D eigenvalue weighted by molar-refractivity contribution is -0.275. The Kier molecular flexibility index (Phi) is 3.41. The highest BCUT2D eigenvalue weighted by atomic mass is 79.9. The van der Waals surface area contributed by atoms with Crippen LogP contribution < -0.4 is 4.74 Å². The molecule has 1 aromatic carbocycles. The maximum Gasteiger partial charge on any atom is 0.573 e. The zero-order chi connectivity index (χ0) is 14.4. The summed E-state index contributed by atoms with van der Waals surface area (Å²) in [6.45, 7) is 3.26. The topological polar surface area (TPSA) is 26.3 Å². The fourth-order valence-corrected chi connectivity index (χ4v) is 2.93. The van der Waals surface area contributed by atoms with Crippen molar-refractivity contribution in [3.05, 3.63) is 27.7 Å². The number of fused-ring (bicyclic) bond motifs is 1. The third-order valence-electron chi connectivity index (χ3n) is 3.32. The Morgan fingerprint density at radius 2 is 1.89 bits per heavy atom. The summed E-state index contributed by atoms with van der Waals surface area (Å²) in [7, 11) is 0. The van der Waals surface area contributed by atoms with Gasteiger partial charge in [-0.1, -0.05) is 15.9 Å². The van der Waals surface area contributed by atoms with Gasteiger partial charge in [0.25, 0.3) is 0 Å². The minimum atomic E-state index is -4.77. The fourth-order valence-electron chi connectivity index (χ4n) is 2.45. The minimum absolute atomic E-state index is 0.0747. The molecule has 0 aliphatic heterocycles. The first-order chi connectivity index (χ1) is 8.61. The van der Waals surface area contributed by atoms with Gasteiger partial charge in [-0.3, -0.25) is 4.79 Å². The number of ether oxygens (including phenoxy) is 1. The average Bonchev–Trinajstić information content (AvgIpc) is 2.20. The standard InChI is InChI=1S/C13H12BrF3O2/c1-12(2)10(18)4-3-7-5-8(14)6-9(11(7)12)19-13(15,16)17/h5-6H,3-4H2,1-2H3. The summed E-state index contributed by atoms with van der Waals surface area (Å²) < 4.78 is 42.0. The Morgan fingerprint density at radius 3 is 2.47 bits per heavy atom. The maximum absolute atomic E-state index is 12.5. The van der Waals surface area contributed by atoms with Crippen LogP contribution in [0.5, 0.6) is 5.75 Å². The summed E-state index contributed by atoms with van der Waals surface area (Å²) in [5, 5.41) is 0. The molecule has 0 N–H and O–H groups in total. The van der Waals surface area contributed by atoms with Gasteiger partial charge in [0.2, 0.25) is 0 Å². The van der Waals surface area contributed by atoms with Gasteiger partial charge in [0.1, 0.15) is 11.5 Å². The van der Waals surface area contributed by atoms with Crippen LogP contribution in [0.1, 0.15) is 31.4 Å². The number of aryl methyl sites for hydroxylation is 1. The largest absolute Gasteiger partial charge is 0.573 e. The SMILES string of the molecule is CC1(C)C(=O)CCc2cc(Br)cc(OC(F)(F)F)c21. The summed E-state index contributed by atoms with van der Waals surface area (Å²) in [6, 6.07) is 3.00. The van der Waals surface area contributed by atoms with Crippen LogP contribution in [0.15, 0.2) is 16.6 Å². The van der Waals surface area contributed by atoms with Crippen molar-refractivity contribution in [3.63, 3.8) is 0 Å². The molecule has 19 heavy (non-hydrogen) atoms. The molecule has 0 unspecified atom stereocenters. The van der Waals surface area contributed by atoms with E-state index in [9.17, 15) is 18.0 Å². The highest BCUT2D eigenvalue weighted by Gasteiger charge is 2.41. The molecule has 2 rings (SSSR count). The predicted octanol–water partition coefficient (Wildman–Crippen LogP) is 4.14. The minimum Gasteiger partial charge on any atom is -0.405 e. The molecule has 0 fully saturated rings. The van der Waals surface area contributed by atoms with E-state index in [0.717, 1.165) is 5.56 Å². The van der Waals surface area contributed by atoms with E-state index in [2.05, 4.69) is 20.7 Å². The molecule has 0 atom stereocenters. The van der Waals surface area contributed by atoms with Crippen LogP contribution in [-0.4, -0.2) is 12.1 Å². The average molecular weight is 337 g/mol. The smallest absolute Gasteiger partial charge is 0.405 e. The van der Waals surface area contributed by atoms with Crippen LogP contribution in [0.4, 0.5) is 13.2 Å². The number of carbonyl (C=O) groups excluding carboxylic acids is 1. The van der Waals surface area contributed by atoms with Crippen LogP contribution in [-0.2, 0) is 16.6 Å². The Bertz CT molecular complexity index is 535. The Hall–Kier alpha value is -1.04. The summed E-state index contributed by atoms with van der Waals surface area (Å²) in [5.74, 6) is -0.371. The zero-order valence-corrected chi connectivity index (χ0v) is 12.0. The first-order valence-electron chi connectivity index (χ1n) is 5.73. The van der Waals surface area contributed by atoms with Gasteiger partial charge in [-0.25, -0.2) is 0 Å². The third-order valence-corrected chi connectivity index (χ3v) is 3.78. The predicted molar refractivity (Wildman–Crippen MR) is 67.2 cm³/mol. The Labute approximate surface area is 117 Å². The number of rotatable bonds is 1. The fraction of sp³-hybridized carbons (Fsp3) is 0.462. The second-order valence-electron chi connectivity index (χ2n) is 5.03. The molecule has 1 aliphatic rings. The summed E-state index contributed by atoms with van der Waals surface area (Å²) in [4.78, 5) is 11.9. The van der Waals surface area contributed by atoms with E-state index < -0.39 is 11.8 Å². The van der Waals surface area contributed by atoms with Crippen molar-refractivity contribution in [1.29, 1.82) is 0 Å². The number of hydrogen-bond acceptors (Lipinski definition) is 2. The van der Waals surface area contributed by atoms with Crippen molar-refractivity contribution in [2.75, 3.05) is 0 Å². The second kappa shape index (κ2) is 4.51. The molecule has 0 spiro atoms. The van der Waals surface area contributed by atoms with Gasteiger partial charge in [-0.2, -0.15) is 0 Å². The van der Waals surface area contributed by atoms with Gasteiger partial charge >= 0.3 is 6.36 Å².